The zero-order chi connectivity index (χ0) is 19.3. The van der Waals surface area contributed by atoms with Crippen LogP contribution >= 0.6 is 68.4 Å². The Kier molecular flexibility index (Phi) is 8.78. The van der Waals surface area contributed by atoms with Crippen molar-refractivity contribution in [2.75, 3.05) is 7.11 Å². The van der Waals surface area contributed by atoms with Crippen molar-refractivity contribution in [3.63, 3.8) is 0 Å². The first kappa shape index (κ1) is 22.3. The number of carbonyl (C=O) groups excluding carboxylic acids is 1. The third-order valence-corrected chi connectivity index (χ3v) is 4.76. The fourth-order valence-electron chi connectivity index (χ4n) is 1.59. The number of ether oxygens (including phenoxy) is 1. The molecule has 4 nitrogen and oxygen atoms in total. The predicted octanol–water partition coefficient (Wildman–Crippen LogP) is 5.65. The van der Waals surface area contributed by atoms with Gasteiger partial charge in [-0.2, -0.15) is 0 Å². The molecule has 2 rings (SSSR count). The second-order valence-electron chi connectivity index (χ2n) is 4.29. The highest BCUT2D eigenvalue weighted by Gasteiger charge is 2.17. The van der Waals surface area contributed by atoms with Gasteiger partial charge in [0, 0.05) is 17.2 Å². The molecule has 0 heterocycles. The normalized spacial score (nSPS) is 9.88. The van der Waals surface area contributed by atoms with E-state index >= 15 is 0 Å². The SMILES string of the molecule is COC(=O)c1c(F)cc(Cl)cc1I.O=C(O)c1c(F)cc(Cl)cc1I. The number of hydrogen-bond donors (Lipinski definition) is 1. The van der Waals surface area contributed by atoms with Crippen molar-refractivity contribution in [3.8, 4) is 0 Å². The number of halogens is 6. The van der Waals surface area contributed by atoms with Crippen LogP contribution in [-0.2, 0) is 4.74 Å². The molecule has 0 radical (unpaired) electrons. The van der Waals surface area contributed by atoms with Crippen molar-refractivity contribution in [2.24, 2.45) is 0 Å². The number of aromatic carboxylic acids is 1. The highest BCUT2D eigenvalue weighted by molar-refractivity contribution is 14.1. The van der Waals surface area contributed by atoms with Gasteiger partial charge >= 0.3 is 11.9 Å². The third-order valence-electron chi connectivity index (χ3n) is 2.62. The summed E-state index contributed by atoms with van der Waals surface area (Å²) in [6.45, 7) is 0. The minimum absolute atomic E-state index is 0.0764. The van der Waals surface area contributed by atoms with Gasteiger partial charge in [0.15, 0.2) is 0 Å². The molecule has 0 bridgehead atoms. The molecule has 0 aliphatic heterocycles. The van der Waals surface area contributed by atoms with Gasteiger partial charge in [-0.1, -0.05) is 23.2 Å². The Morgan fingerprint density at radius 1 is 0.960 bits per heavy atom. The molecule has 1 N–H and O–H groups in total. The lowest BCUT2D eigenvalue weighted by molar-refractivity contribution is 0.0593. The lowest BCUT2D eigenvalue weighted by Crippen LogP contribution is -2.06. The topological polar surface area (TPSA) is 63.6 Å². The number of carbonyl (C=O) groups is 2. The fourth-order valence-corrected chi connectivity index (χ4v) is 4.00. The van der Waals surface area contributed by atoms with Crippen LogP contribution in [-0.4, -0.2) is 24.2 Å². The van der Waals surface area contributed by atoms with Gasteiger partial charge in [-0.05, 0) is 69.4 Å². The summed E-state index contributed by atoms with van der Waals surface area (Å²) < 4.78 is 31.2. The molecule has 0 fully saturated rings. The number of benzene rings is 2. The first-order valence-electron chi connectivity index (χ1n) is 6.19. The maximum absolute atomic E-state index is 13.2. The molecule has 0 unspecified atom stereocenters. The molecular weight excluding hydrogens is 607 g/mol. The smallest absolute Gasteiger partial charge is 0.341 e. The number of esters is 1. The second kappa shape index (κ2) is 9.83. The molecule has 134 valence electrons. The lowest BCUT2D eigenvalue weighted by Gasteiger charge is -2.03. The van der Waals surface area contributed by atoms with E-state index in [1.165, 1.54) is 19.2 Å². The van der Waals surface area contributed by atoms with Gasteiger partial charge in [0.1, 0.15) is 22.8 Å². The predicted molar refractivity (Wildman–Crippen MR) is 107 cm³/mol. The van der Waals surface area contributed by atoms with Gasteiger partial charge in [-0.25, -0.2) is 18.4 Å². The van der Waals surface area contributed by atoms with Gasteiger partial charge in [0.25, 0.3) is 0 Å². The summed E-state index contributed by atoms with van der Waals surface area (Å²) >= 11 is 14.6. The molecule has 0 aliphatic rings. The highest BCUT2D eigenvalue weighted by atomic mass is 127. The summed E-state index contributed by atoms with van der Waals surface area (Å²) in [4.78, 5) is 21.5. The van der Waals surface area contributed by atoms with E-state index in [0.717, 1.165) is 12.1 Å². The van der Waals surface area contributed by atoms with Crippen LogP contribution in [0.25, 0.3) is 0 Å². The number of hydrogen-bond acceptors (Lipinski definition) is 3. The number of methoxy groups -OCH3 is 1. The van der Waals surface area contributed by atoms with Crippen molar-refractivity contribution in [2.45, 2.75) is 0 Å². The summed E-state index contributed by atoms with van der Waals surface area (Å²) in [5, 5.41) is 9.00. The van der Waals surface area contributed by atoms with Crippen LogP contribution in [0.4, 0.5) is 8.78 Å². The Labute approximate surface area is 178 Å². The monoisotopic (exact) mass is 614 g/mol. The second-order valence-corrected chi connectivity index (χ2v) is 7.48. The van der Waals surface area contributed by atoms with Crippen molar-refractivity contribution < 1.29 is 28.2 Å². The van der Waals surface area contributed by atoms with Crippen LogP contribution in [0.3, 0.4) is 0 Å². The van der Waals surface area contributed by atoms with Crippen molar-refractivity contribution in [1.82, 2.24) is 0 Å². The third kappa shape index (κ3) is 6.19. The summed E-state index contributed by atoms with van der Waals surface area (Å²) in [7, 11) is 1.20. The summed E-state index contributed by atoms with van der Waals surface area (Å²) in [5.74, 6) is -3.45. The fraction of sp³-hybridized carbons (Fsp3) is 0.0667. The van der Waals surface area contributed by atoms with Crippen LogP contribution in [0.1, 0.15) is 20.7 Å². The van der Waals surface area contributed by atoms with E-state index in [2.05, 4.69) is 4.74 Å². The van der Waals surface area contributed by atoms with E-state index in [1.807, 2.05) is 22.6 Å². The maximum atomic E-state index is 13.2. The Balaban J connectivity index is 0.000000251. The molecule has 0 saturated carbocycles. The molecule has 2 aromatic rings. The van der Waals surface area contributed by atoms with Crippen LogP contribution in [0.2, 0.25) is 10.0 Å². The molecule has 0 saturated heterocycles. The minimum Gasteiger partial charge on any atom is -0.478 e. The summed E-state index contributed by atoms with van der Waals surface area (Å²) in [5.41, 5.74) is -0.410. The van der Waals surface area contributed by atoms with Crippen molar-refractivity contribution in [3.05, 3.63) is 64.2 Å². The molecule has 0 amide bonds. The number of rotatable bonds is 2. The van der Waals surface area contributed by atoms with E-state index in [-0.39, 0.29) is 21.2 Å². The first-order chi connectivity index (χ1) is 11.6. The van der Waals surface area contributed by atoms with Crippen molar-refractivity contribution in [1.29, 1.82) is 0 Å². The number of carboxylic acids is 1. The average molecular weight is 615 g/mol. The summed E-state index contributed by atoms with van der Waals surface area (Å²) in [6.07, 6.45) is 0. The molecule has 25 heavy (non-hydrogen) atoms. The van der Waals surface area contributed by atoms with Crippen LogP contribution in [0.5, 0.6) is 0 Å². The van der Waals surface area contributed by atoms with Crippen LogP contribution < -0.4 is 0 Å². The largest absolute Gasteiger partial charge is 0.478 e. The zero-order valence-electron chi connectivity index (χ0n) is 12.2. The van der Waals surface area contributed by atoms with E-state index in [9.17, 15) is 18.4 Å². The van der Waals surface area contributed by atoms with E-state index in [4.69, 9.17) is 28.3 Å². The molecule has 0 spiro atoms. The molecular formula is C15H8Cl2F2I2O4. The Morgan fingerprint density at radius 3 is 1.68 bits per heavy atom. The van der Waals surface area contributed by atoms with Crippen LogP contribution in [0.15, 0.2) is 24.3 Å². The van der Waals surface area contributed by atoms with E-state index in [0.29, 0.717) is 7.14 Å². The molecule has 0 aliphatic carbocycles. The molecule has 10 heteroatoms. The van der Waals surface area contributed by atoms with E-state index in [1.54, 1.807) is 22.6 Å². The average Bonchev–Trinajstić information content (AvgIpc) is 2.44. The maximum Gasteiger partial charge on any atom is 0.341 e. The van der Waals surface area contributed by atoms with Crippen molar-refractivity contribution >= 4 is 80.3 Å². The van der Waals surface area contributed by atoms with Crippen LogP contribution in [0, 0.1) is 18.8 Å². The van der Waals surface area contributed by atoms with Gasteiger partial charge in [0.2, 0.25) is 0 Å². The molecule has 2 aromatic carbocycles. The Morgan fingerprint density at radius 2 is 1.36 bits per heavy atom. The molecule has 0 aromatic heterocycles. The first-order valence-corrected chi connectivity index (χ1v) is 9.10. The lowest BCUT2D eigenvalue weighted by atomic mass is 10.2. The Bertz CT molecular complexity index is 785. The zero-order valence-corrected chi connectivity index (χ0v) is 18.1. The van der Waals surface area contributed by atoms with Gasteiger partial charge in [-0.3, -0.25) is 0 Å². The van der Waals surface area contributed by atoms with Gasteiger partial charge in [0.05, 0.1) is 7.11 Å². The Hall–Kier alpha value is -0.720. The standard InChI is InChI=1S/C8H5ClFIO2.C7H3ClFIO2/c1-13-8(12)7-5(10)2-4(9)3-6(7)11;8-3-1-4(9)6(7(11)12)5(10)2-3/h2-3H,1H3;1-2H,(H,11,12). The van der Waals surface area contributed by atoms with Gasteiger partial charge < -0.3 is 9.84 Å². The minimum atomic E-state index is -1.28. The van der Waals surface area contributed by atoms with Gasteiger partial charge in [-0.15, -0.1) is 0 Å². The highest BCUT2D eigenvalue weighted by Crippen LogP contribution is 2.22. The summed E-state index contributed by atoms with van der Waals surface area (Å²) in [6, 6.07) is 4.95. The number of carboxylic acid groups (broad SMARTS) is 1. The molecule has 0 atom stereocenters. The van der Waals surface area contributed by atoms with E-state index < -0.39 is 23.6 Å². The quantitative estimate of drug-likeness (QED) is 0.351.